The molecular weight excluding hydrogens is 218 g/mol. The molecule has 0 N–H and O–H groups in total. The second kappa shape index (κ2) is 9.16. The highest BCUT2D eigenvalue weighted by molar-refractivity contribution is 5.21. The van der Waals surface area contributed by atoms with Crippen LogP contribution in [0.3, 0.4) is 0 Å². The maximum absolute atomic E-state index is 2.57. The predicted molar refractivity (Wildman–Crippen MR) is 81.1 cm³/mol. The molecule has 1 nitrogen and oxygen atoms in total. The van der Waals surface area contributed by atoms with E-state index in [2.05, 4.69) is 49.9 Å². The molecule has 1 aromatic rings. The Balaban J connectivity index is 0.000000180. The topological polar surface area (TPSA) is 3.24 Å². The highest BCUT2D eigenvalue weighted by Crippen LogP contribution is 2.08. The van der Waals surface area contributed by atoms with Crippen molar-refractivity contribution in [3.8, 4) is 0 Å². The van der Waals surface area contributed by atoms with Crippen molar-refractivity contribution in [3.63, 3.8) is 0 Å². The van der Waals surface area contributed by atoms with Gasteiger partial charge in [-0.2, -0.15) is 0 Å². The lowest BCUT2D eigenvalue weighted by atomic mass is 10.1. The van der Waals surface area contributed by atoms with Gasteiger partial charge in [-0.25, -0.2) is 0 Å². The van der Waals surface area contributed by atoms with E-state index in [1.807, 2.05) is 0 Å². The summed E-state index contributed by atoms with van der Waals surface area (Å²) >= 11 is 0. The molecule has 0 unspecified atom stereocenters. The van der Waals surface area contributed by atoms with Crippen LogP contribution in [-0.4, -0.2) is 24.5 Å². The van der Waals surface area contributed by atoms with Gasteiger partial charge in [-0.1, -0.05) is 50.1 Å². The normalized spacial score (nSPS) is 15.9. The van der Waals surface area contributed by atoms with Crippen LogP contribution in [0.4, 0.5) is 0 Å². The highest BCUT2D eigenvalue weighted by Gasteiger charge is 2.07. The number of likely N-dealkylation sites (tertiary alicyclic amines) is 1. The lowest BCUT2D eigenvalue weighted by Crippen LogP contribution is -2.30. The zero-order chi connectivity index (χ0) is 13.2. The molecule has 1 aromatic carbocycles. The number of piperidine rings is 1. The molecule has 0 aromatic heterocycles. The second-order valence-electron chi connectivity index (χ2n) is 5.24. The molecule has 0 bridgehead atoms. The molecule has 0 atom stereocenters. The van der Waals surface area contributed by atoms with Gasteiger partial charge >= 0.3 is 0 Å². The number of rotatable bonds is 3. The van der Waals surface area contributed by atoms with E-state index in [-0.39, 0.29) is 0 Å². The molecule has 1 aliphatic rings. The molecule has 1 aliphatic heterocycles. The Morgan fingerprint density at radius 3 is 2.28 bits per heavy atom. The molecule has 0 spiro atoms. The first-order chi connectivity index (χ1) is 8.76. The van der Waals surface area contributed by atoms with Crippen molar-refractivity contribution in [1.82, 2.24) is 4.90 Å². The van der Waals surface area contributed by atoms with Crippen LogP contribution in [0.2, 0.25) is 0 Å². The molecule has 102 valence electrons. The smallest absolute Gasteiger partial charge is 0.00187 e. The summed E-state index contributed by atoms with van der Waals surface area (Å²) in [5.41, 5.74) is 2.78. The molecule has 0 aliphatic carbocycles. The summed E-state index contributed by atoms with van der Waals surface area (Å²) in [6.07, 6.45) is 6.78. The Kier molecular flexibility index (Phi) is 7.75. The summed E-state index contributed by atoms with van der Waals surface area (Å²) in [7, 11) is 0. The first-order valence-corrected chi connectivity index (χ1v) is 7.54. The van der Waals surface area contributed by atoms with Crippen molar-refractivity contribution < 1.29 is 0 Å². The van der Waals surface area contributed by atoms with Gasteiger partial charge < -0.3 is 4.90 Å². The Morgan fingerprint density at radius 1 is 1.06 bits per heavy atom. The second-order valence-corrected chi connectivity index (χ2v) is 5.24. The minimum atomic E-state index is 1.14. The highest BCUT2D eigenvalue weighted by atomic mass is 15.1. The number of benzene rings is 1. The van der Waals surface area contributed by atoms with Gasteiger partial charge in [-0.15, -0.1) is 0 Å². The van der Waals surface area contributed by atoms with Crippen molar-refractivity contribution in [2.45, 2.75) is 52.9 Å². The van der Waals surface area contributed by atoms with E-state index in [1.54, 1.807) is 0 Å². The first kappa shape index (κ1) is 15.2. The fourth-order valence-corrected chi connectivity index (χ4v) is 2.43. The van der Waals surface area contributed by atoms with Gasteiger partial charge in [0, 0.05) is 0 Å². The van der Waals surface area contributed by atoms with Gasteiger partial charge in [0.1, 0.15) is 0 Å². The molecule has 1 heteroatoms. The summed E-state index contributed by atoms with van der Waals surface area (Å²) < 4.78 is 0. The fourth-order valence-electron chi connectivity index (χ4n) is 2.43. The molecule has 0 saturated carbocycles. The van der Waals surface area contributed by atoms with Gasteiger partial charge in [-0.3, -0.25) is 0 Å². The van der Waals surface area contributed by atoms with Crippen molar-refractivity contribution in [3.05, 3.63) is 35.4 Å². The molecule has 0 amide bonds. The van der Waals surface area contributed by atoms with Crippen LogP contribution >= 0.6 is 0 Å². The van der Waals surface area contributed by atoms with Gasteiger partial charge in [0.2, 0.25) is 0 Å². The van der Waals surface area contributed by atoms with Gasteiger partial charge in [0.05, 0.1) is 0 Å². The van der Waals surface area contributed by atoms with Crippen LogP contribution in [-0.2, 0) is 6.42 Å². The third kappa shape index (κ3) is 6.20. The van der Waals surface area contributed by atoms with E-state index in [0.717, 1.165) is 6.42 Å². The number of hydrogen-bond donors (Lipinski definition) is 0. The average Bonchev–Trinajstić information content (AvgIpc) is 2.41. The van der Waals surface area contributed by atoms with E-state index in [1.165, 1.54) is 56.4 Å². The maximum atomic E-state index is 2.57. The summed E-state index contributed by atoms with van der Waals surface area (Å²) in [5, 5.41) is 0. The largest absolute Gasteiger partial charge is 0.303 e. The Hall–Kier alpha value is -0.820. The Bertz CT molecular complexity index is 310. The van der Waals surface area contributed by atoms with Crippen LogP contribution in [0.15, 0.2) is 24.3 Å². The van der Waals surface area contributed by atoms with Crippen molar-refractivity contribution in [2.24, 2.45) is 0 Å². The zero-order valence-corrected chi connectivity index (χ0v) is 12.4. The van der Waals surface area contributed by atoms with E-state index in [4.69, 9.17) is 0 Å². The molecule has 18 heavy (non-hydrogen) atoms. The van der Waals surface area contributed by atoms with Crippen LogP contribution in [0.1, 0.15) is 50.7 Å². The van der Waals surface area contributed by atoms with Crippen molar-refractivity contribution >= 4 is 0 Å². The minimum Gasteiger partial charge on any atom is -0.303 e. The van der Waals surface area contributed by atoms with E-state index >= 15 is 0 Å². The fraction of sp³-hybridized carbons (Fsp3) is 0.647. The summed E-state index contributed by atoms with van der Waals surface area (Å²) in [4.78, 5) is 2.57. The monoisotopic (exact) mass is 247 g/mol. The summed E-state index contributed by atoms with van der Waals surface area (Å²) in [6.45, 7) is 10.6. The van der Waals surface area contributed by atoms with Crippen LogP contribution in [0.5, 0.6) is 0 Å². The number of hydrogen-bond acceptors (Lipinski definition) is 1. The van der Waals surface area contributed by atoms with Crippen LogP contribution < -0.4 is 0 Å². The quantitative estimate of drug-likeness (QED) is 0.763. The molecular formula is C17H29N. The molecule has 2 rings (SSSR count). The molecule has 0 radical (unpaired) electrons. The van der Waals surface area contributed by atoms with Crippen LogP contribution in [0.25, 0.3) is 0 Å². The van der Waals surface area contributed by atoms with E-state index in [0.29, 0.717) is 0 Å². The zero-order valence-electron chi connectivity index (χ0n) is 12.4. The molecule has 1 fully saturated rings. The third-order valence-electron chi connectivity index (χ3n) is 3.48. The molecule has 1 saturated heterocycles. The lowest BCUT2D eigenvalue weighted by molar-refractivity contribution is 0.229. The standard InChI is InChI=1S/C9H12.C8H17N/c1-3-9-6-4-5-8(2)7-9;1-2-6-9-7-4-3-5-8-9/h4-7H,3H2,1-2H3;2-8H2,1H3. The van der Waals surface area contributed by atoms with Gasteiger partial charge in [0.25, 0.3) is 0 Å². The molecule has 1 heterocycles. The first-order valence-electron chi connectivity index (χ1n) is 7.54. The summed E-state index contributed by atoms with van der Waals surface area (Å²) in [6, 6.07) is 8.61. The summed E-state index contributed by atoms with van der Waals surface area (Å²) in [5.74, 6) is 0. The Labute approximate surface area is 113 Å². The Morgan fingerprint density at radius 2 is 1.78 bits per heavy atom. The van der Waals surface area contributed by atoms with Gasteiger partial charge in [-0.05, 0) is 57.8 Å². The lowest BCUT2D eigenvalue weighted by Gasteiger charge is -2.25. The van der Waals surface area contributed by atoms with Crippen molar-refractivity contribution in [1.29, 1.82) is 0 Å². The number of nitrogens with zero attached hydrogens (tertiary/aromatic N) is 1. The number of aryl methyl sites for hydroxylation is 2. The van der Waals surface area contributed by atoms with Crippen molar-refractivity contribution in [2.75, 3.05) is 19.6 Å². The SMILES string of the molecule is CCCN1CCCCC1.CCc1cccc(C)c1. The van der Waals surface area contributed by atoms with E-state index in [9.17, 15) is 0 Å². The average molecular weight is 247 g/mol. The predicted octanol–water partition coefficient (Wildman–Crippen LogP) is 4.44. The third-order valence-corrected chi connectivity index (χ3v) is 3.48. The van der Waals surface area contributed by atoms with Crippen LogP contribution in [0, 0.1) is 6.92 Å². The van der Waals surface area contributed by atoms with E-state index < -0.39 is 0 Å². The maximum Gasteiger partial charge on any atom is -0.00187 e. The minimum absolute atomic E-state index is 1.14. The van der Waals surface area contributed by atoms with Gasteiger partial charge in [0.15, 0.2) is 0 Å².